The van der Waals surface area contributed by atoms with E-state index in [4.69, 9.17) is 0 Å². The standard InChI is InChI=1S/C35H65NO3/c1-3-5-7-9-11-13-14-15-16-17-18-19-20-21-23-25-27-29-31-35(39)36-33(32-37)34(38)30-28-26-24-22-12-10-8-6-4-2/h12,18-19,22,28,30,33-34,37-38H,3-11,13-17,20-21,23-27,29,31-32H2,1-2H3,(H,36,39)/b19-18-,22-12+,30-28+. The summed E-state index contributed by atoms with van der Waals surface area (Å²) in [6.07, 6.45) is 39.4. The van der Waals surface area contributed by atoms with Crippen molar-refractivity contribution in [2.75, 3.05) is 6.61 Å². The van der Waals surface area contributed by atoms with E-state index < -0.39 is 12.1 Å². The maximum Gasteiger partial charge on any atom is 0.220 e. The first kappa shape index (κ1) is 37.6. The minimum absolute atomic E-state index is 0.0871. The van der Waals surface area contributed by atoms with Crippen LogP contribution in [0.15, 0.2) is 36.5 Å². The minimum Gasteiger partial charge on any atom is -0.394 e. The van der Waals surface area contributed by atoms with Gasteiger partial charge in [0.2, 0.25) is 5.91 Å². The van der Waals surface area contributed by atoms with E-state index in [0.29, 0.717) is 6.42 Å². The van der Waals surface area contributed by atoms with E-state index in [1.807, 2.05) is 6.08 Å². The Morgan fingerprint density at radius 1 is 0.590 bits per heavy atom. The van der Waals surface area contributed by atoms with Gasteiger partial charge < -0.3 is 15.5 Å². The van der Waals surface area contributed by atoms with Crippen LogP contribution in [0.2, 0.25) is 0 Å². The number of aliphatic hydroxyl groups excluding tert-OH is 2. The number of allylic oxidation sites excluding steroid dienone is 5. The van der Waals surface area contributed by atoms with E-state index in [1.54, 1.807) is 6.08 Å². The molecular weight excluding hydrogens is 482 g/mol. The number of carbonyl (C=O) groups is 1. The number of aliphatic hydroxyl groups is 2. The van der Waals surface area contributed by atoms with Crippen molar-refractivity contribution in [3.8, 4) is 0 Å². The number of amides is 1. The van der Waals surface area contributed by atoms with Crippen molar-refractivity contribution in [3.05, 3.63) is 36.5 Å². The van der Waals surface area contributed by atoms with Crippen LogP contribution in [-0.4, -0.2) is 34.9 Å². The third-order valence-corrected chi connectivity index (χ3v) is 7.35. The summed E-state index contributed by atoms with van der Waals surface area (Å²) >= 11 is 0. The molecule has 0 aromatic heterocycles. The van der Waals surface area contributed by atoms with E-state index in [9.17, 15) is 15.0 Å². The van der Waals surface area contributed by atoms with Gasteiger partial charge in [0.15, 0.2) is 0 Å². The zero-order chi connectivity index (χ0) is 28.7. The fraction of sp³-hybridized carbons (Fsp3) is 0.800. The number of rotatable bonds is 29. The van der Waals surface area contributed by atoms with Crippen LogP contribution in [0.3, 0.4) is 0 Å². The highest BCUT2D eigenvalue weighted by Crippen LogP contribution is 2.12. The fourth-order valence-electron chi connectivity index (χ4n) is 4.71. The molecule has 0 radical (unpaired) electrons. The molecule has 0 aliphatic heterocycles. The molecule has 0 spiro atoms. The molecule has 0 saturated carbocycles. The lowest BCUT2D eigenvalue weighted by atomic mass is 10.1. The summed E-state index contributed by atoms with van der Waals surface area (Å²) in [5, 5.41) is 22.7. The molecule has 2 atom stereocenters. The monoisotopic (exact) mass is 547 g/mol. The van der Waals surface area contributed by atoms with Gasteiger partial charge in [-0.05, 0) is 57.8 Å². The molecule has 4 nitrogen and oxygen atoms in total. The predicted octanol–water partition coefficient (Wildman–Crippen LogP) is 9.51. The Labute approximate surface area is 242 Å². The number of carbonyl (C=O) groups excluding carboxylic acids is 1. The molecular formula is C35H65NO3. The third kappa shape index (κ3) is 28.0. The van der Waals surface area contributed by atoms with Crippen LogP contribution < -0.4 is 5.32 Å². The van der Waals surface area contributed by atoms with Crippen molar-refractivity contribution in [2.24, 2.45) is 0 Å². The van der Waals surface area contributed by atoms with Crippen LogP contribution in [0.5, 0.6) is 0 Å². The van der Waals surface area contributed by atoms with Gasteiger partial charge >= 0.3 is 0 Å². The number of hydrogen-bond acceptors (Lipinski definition) is 3. The molecule has 4 heteroatoms. The molecule has 2 unspecified atom stereocenters. The number of hydrogen-bond donors (Lipinski definition) is 3. The highest BCUT2D eigenvalue weighted by atomic mass is 16.3. The summed E-state index contributed by atoms with van der Waals surface area (Å²) in [6, 6.07) is -0.638. The molecule has 0 saturated heterocycles. The van der Waals surface area contributed by atoms with Gasteiger partial charge in [0.1, 0.15) is 0 Å². The molecule has 0 rings (SSSR count). The fourth-order valence-corrected chi connectivity index (χ4v) is 4.71. The van der Waals surface area contributed by atoms with Gasteiger partial charge in [-0.15, -0.1) is 0 Å². The Morgan fingerprint density at radius 2 is 1.00 bits per heavy atom. The highest BCUT2D eigenvalue weighted by molar-refractivity contribution is 5.76. The quantitative estimate of drug-likeness (QED) is 0.0645. The summed E-state index contributed by atoms with van der Waals surface area (Å²) in [7, 11) is 0. The van der Waals surface area contributed by atoms with Gasteiger partial charge in [-0.3, -0.25) is 4.79 Å². The summed E-state index contributed by atoms with van der Waals surface area (Å²) < 4.78 is 0. The molecule has 0 aliphatic rings. The van der Waals surface area contributed by atoms with Crippen LogP contribution in [0, 0.1) is 0 Å². The van der Waals surface area contributed by atoms with Crippen molar-refractivity contribution in [3.63, 3.8) is 0 Å². The maximum atomic E-state index is 12.2. The summed E-state index contributed by atoms with van der Waals surface area (Å²) in [5.74, 6) is -0.0871. The van der Waals surface area contributed by atoms with E-state index in [2.05, 4.69) is 43.5 Å². The van der Waals surface area contributed by atoms with Crippen molar-refractivity contribution in [1.82, 2.24) is 5.32 Å². The Morgan fingerprint density at radius 3 is 1.54 bits per heavy atom. The number of unbranched alkanes of at least 4 members (excludes halogenated alkanes) is 18. The minimum atomic E-state index is -0.860. The van der Waals surface area contributed by atoms with Crippen molar-refractivity contribution < 1.29 is 15.0 Å². The molecule has 3 N–H and O–H groups in total. The van der Waals surface area contributed by atoms with Gasteiger partial charge in [-0.2, -0.15) is 0 Å². The van der Waals surface area contributed by atoms with Gasteiger partial charge in [0, 0.05) is 6.42 Å². The lowest BCUT2D eigenvalue weighted by molar-refractivity contribution is -0.123. The van der Waals surface area contributed by atoms with E-state index >= 15 is 0 Å². The topological polar surface area (TPSA) is 69.6 Å². The summed E-state index contributed by atoms with van der Waals surface area (Å²) in [5.41, 5.74) is 0. The van der Waals surface area contributed by atoms with Crippen molar-refractivity contribution >= 4 is 5.91 Å². The van der Waals surface area contributed by atoms with Crippen molar-refractivity contribution in [2.45, 2.75) is 174 Å². The zero-order valence-electron chi connectivity index (χ0n) is 25.9. The van der Waals surface area contributed by atoms with Gasteiger partial charge in [0.05, 0.1) is 18.8 Å². The van der Waals surface area contributed by atoms with Crippen LogP contribution in [0.25, 0.3) is 0 Å². The predicted molar refractivity (Wildman–Crippen MR) is 170 cm³/mol. The average molecular weight is 548 g/mol. The van der Waals surface area contributed by atoms with Crippen LogP contribution in [0.1, 0.15) is 162 Å². The first-order valence-electron chi connectivity index (χ1n) is 16.7. The Bertz CT molecular complexity index is 599. The second-order valence-electron chi connectivity index (χ2n) is 11.2. The number of nitrogens with one attached hydrogen (secondary N) is 1. The first-order valence-corrected chi connectivity index (χ1v) is 16.7. The molecule has 39 heavy (non-hydrogen) atoms. The zero-order valence-corrected chi connectivity index (χ0v) is 25.9. The molecule has 0 bridgehead atoms. The van der Waals surface area contributed by atoms with E-state index in [-0.39, 0.29) is 12.5 Å². The third-order valence-electron chi connectivity index (χ3n) is 7.35. The largest absolute Gasteiger partial charge is 0.394 e. The molecule has 0 aromatic carbocycles. The molecule has 0 aliphatic carbocycles. The Balaban J connectivity index is 3.65. The Kier molecular flexibility index (Phi) is 30.0. The average Bonchev–Trinajstić information content (AvgIpc) is 2.94. The summed E-state index contributed by atoms with van der Waals surface area (Å²) in [4.78, 5) is 12.2. The van der Waals surface area contributed by atoms with Crippen LogP contribution in [0.4, 0.5) is 0 Å². The second-order valence-corrected chi connectivity index (χ2v) is 11.2. The molecule has 0 heterocycles. The summed E-state index contributed by atoms with van der Waals surface area (Å²) in [6.45, 7) is 4.22. The van der Waals surface area contributed by atoms with Gasteiger partial charge in [0.25, 0.3) is 0 Å². The Hall–Kier alpha value is -1.39. The van der Waals surface area contributed by atoms with Crippen LogP contribution >= 0.6 is 0 Å². The van der Waals surface area contributed by atoms with Crippen molar-refractivity contribution in [1.29, 1.82) is 0 Å². The first-order chi connectivity index (χ1) is 19.2. The van der Waals surface area contributed by atoms with E-state index in [0.717, 1.165) is 44.9 Å². The maximum absolute atomic E-state index is 12.2. The molecule has 1 amide bonds. The lowest BCUT2D eigenvalue weighted by Crippen LogP contribution is -2.45. The van der Waals surface area contributed by atoms with Gasteiger partial charge in [-0.1, -0.05) is 134 Å². The normalized spacial score (nSPS) is 13.6. The highest BCUT2D eigenvalue weighted by Gasteiger charge is 2.17. The lowest BCUT2D eigenvalue weighted by Gasteiger charge is -2.19. The SMILES string of the molecule is CCCCC/C=C/CC/C=C/C(O)C(CO)NC(=O)CCCCCCC/C=C\CCCCCCCCCCC. The van der Waals surface area contributed by atoms with Crippen LogP contribution in [-0.2, 0) is 4.79 Å². The second kappa shape index (κ2) is 31.1. The molecule has 0 fully saturated rings. The smallest absolute Gasteiger partial charge is 0.220 e. The van der Waals surface area contributed by atoms with E-state index in [1.165, 1.54) is 96.3 Å². The van der Waals surface area contributed by atoms with Gasteiger partial charge in [-0.25, -0.2) is 0 Å². The molecule has 228 valence electrons. The molecule has 0 aromatic rings.